The summed E-state index contributed by atoms with van der Waals surface area (Å²) in [6.07, 6.45) is -10.2. The number of aromatic hydroxyl groups is 1. The summed E-state index contributed by atoms with van der Waals surface area (Å²) in [5.41, 5.74) is -2.09. The number of nitrogens with one attached hydrogen (secondary N) is 1. The molecular formula is C17H11F6N5O3. The number of rotatable bonds is 4. The van der Waals surface area contributed by atoms with Gasteiger partial charge in [0.15, 0.2) is 17.3 Å². The average Bonchev–Trinajstić information content (AvgIpc) is 3.10. The van der Waals surface area contributed by atoms with Gasteiger partial charge in [-0.25, -0.2) is 9.48 Å². The molecule has 0 saturated carbocycles. The van der Waals surface area contributed by atoms with Crippen LogP contribution in [0.1, 0.15) is 16.8 Å². The number of aromatic nitrogens is 4. The number of hydrogen-bond acceptors (Lipinski definition) is 6. The molecule has 164 valence electrons. The first-order valence-electron chi connectivity index (χ1n) is 8.25. The van der Waals surface area contributed by atoms with Gasteiger partial charge < -0.3 is 15.2 Å². The summed E-state index contributed by atoms with van der Waals surface area (Å²) in [4.78, 5) is 11.9. The summed E-state index contributed by atoms with van der Waals surface area (Å²) in [5, 5.41) is 21.3. The van der Waals surface area contributed by atoms with Crippen molar-refractivity contribution in [1.29, 1.82) is 0 Å². The molecule has 31 heavy (non-hydrogen) atoms. The van der Waals surface area contributed by atoms with Gasteiger partial charge in [-0.15, -0.1) is 10.2 Å². The molecule has 0 spiro atoms. The number of nitrogens with zero attached hydrogens (tertiary/aromatic N) is 4. The van der Waals surface area contributed by atoms with E-state index in [1.165, 1.54) is 0 Å². The zero-order valence-corrected chi connectivity index (χ0v) is 15.1. The van der Waals surface area contributed by atoms with E-state index in [4.69, 9.17) is 5.11 Å². The number of carbonyl (C=O) groups is 1. The van der Waals surface area contributed by atoms with Crippen molar-refractivity contribution in [3.05, 3.63) is 59.4 Å². The van der Waals surface area contributed by atoms with Gasteiger partial charge >= 0.3 is 18.4 Å². The number of ether oxygens (including phenoxy) is 1. The van der Waals surface area contributed by atoms with Crippen molar-refractivity contribution in [2.45, 2.75) is 18.9 Å². The molecule has 0 aliphatic heterocycles. The van der Waals surface area contributed by atoms with Crippen LogP contribution >= 0.6 is 0 Å². The second kappa shape index (κ2) is 8.12. The Kier molecular flexibility index (Phi) is 5.73. The normalized spacial score (nSPS) is 11.9. The van der Waals surface area contributed by atoms with E-state index in [1.807, 2.05) is 0 Å². The lowest BCUT2D eigenvalue weighted by Gasteiger charge is -2.12. The second-order valence-electron chi connectivity index (χ2n) is 5.95. The molecule has 3 rings (SSSR count). The third kappa shape index (κ3) is 5.21. The monoisotopic (exact) mass is 447 g/mol. The van der Waals surface area contributed by atoms with E-state index < -0.39 is 47.2 Å². The molecule has 3 aromatic rings. The fraction of sp³-hybridized carbons (Fsp3) is 0.176. The molecule has 1 amide bonds. The summed E-state index contributed by atoms with van der Waals surface area (Å²) in [6, 6.07) is 5.80. The summed E-state index contributed by atoms with van der Waals surface area (Å²) >= 11 is 0. The van der Waals surface area contributed by atoms with E-state index in [0.29, 0.717) is 10.9 Å². The molecule has 0 aliphatic carbocycles. The molecule has 2 N–H and O–H groups in total. The van der Waals surface area contributed by atoms with Gasteiger partial charge in [-0.1, -0.05) is 12.1 Å². The molecule has 0 unspecified atom stereocenters. The lowest BCUT2D eigenvalue weighted by atomic mass is 10.1. The zero-order valence-electron chi connectivity index (χ0n) is 15.1. The van der Waals surface area contributed by atoms with Gasteiger partial charge in [0.05, 0.1) is 11.8 Å². The van der Waals surface area contributed by atoms with Crippen molar-refractivity contribution < 1.29 is 41.0 Å². The third-order valence-electron chi connectivity index (χ3n) is 3.78. The fourth-order valence-electron chi connectivity index (χ4n) is 2.39. The van der Waals surface area contributed by atoms with E-state index in [0.717, 1.165) is 36.4 Å². The predicted octanol–water partition coefficient (Wildman–Crippen LogP) is 3.69. The van der Waals surface area contributed by atoms with Crippen LogP contribution in [0.2, 0.25) is 0 Å². The van der Waals surface area contributed by atoms with Gasteiger partial charge in [0.2, 0.25) is 5.88 Å². The molecule has 0 aliphatic rings. The molecule has 0 fully saturated rings. The Morgan fingerprint density at radius 1 is 1.00 bits per heavy atom. The van der Waals surface area contributed by atoms with Gasteiger partial charge in [0.25, 0.3) is 0 Å². The summed E-state index contributed by atoms with van der Waals surface area (Å²) in [6.45, 7) is -0.296. The second-order valence-corrected chi connectivity index (χ2v) is 5.95. The standard InChI is InChI=1S/C17H11F6N5O3/c18-16(19,20)10-3-1-9(2-4-10)7-24-15(30)31-11-8-25-28(14(11)17(21,22)23)12-5-6-13(29)27-26-12/h1-6,8H,7H2,(H,24,30)(H,27,29). The average molecular weight is 447 g/mol. The molecule has 0 radical (unpaired) electrons. The van der Waals surface area contributed by atoms with Crippen LogP contribution in [-0.2, 0) is 18.9 Å². The summed E-state index contributed by atoms with van der Waals surface area (Å²) < 4.78 is 83.1. The number of benzene rings is 1. The van der Waals surface area contributed by atoms with Crippen LogP contribution < -0.4 is 10.1 Å². The number of halogens is 6. The molecule has 1 aromatic carbocycles. The fourth-order valence-corrected chi connectivity index (χ4v) is 2.39. The molecule has 0 saturated heterocycles. The summed E-state index contributed by atoms with van der Waals surface area (Å²) in [7, 11) is 0. The Labute approximate surface area is 169 Å². The van der Waals surface area contributed by atoms with Crippen molar-refractivity contribution in [3.8, 4) is 17.4 Å². The quantitative estimate of drug-likeness (QED) is 0.592. The molecule has 2 aromatic heterocycles. The third-order valence-corrected chi connectivity index (χ3v) is 3.78. The van der Waals surface area contributed by atoms with E-state index in [9.17, 15) is 31.1 Å². The van der Waals surface area contributed by atoms with Gasteiger partial charge in [-0.2, -0.15) is 31.4 Å². The first kappa shape index (κ1) is 21.9. The van der Waals surface area contributed by atoms with E-state index in [2.05, 4.69) is 25.3 Å². The van der Waals surface area contributed by atoms with Crippen LogP contribution in [0, 0.1) is 0 Å². The largest absolute Gasteiger partial charge is 0.492 e. The molecule has 8 nitrogen and oxygen atoms in total. The van der Waals surface area contributed by atoms with Crippen LogP contribution in [-0.4, -0.2) is 31.2 Å². The van der Waals surface area contributed by atoms with Crippen molar-refractivity contribution in [3.63, 3.8) is 0 Å². The minimum absolute atomic E-state index is 0.260. The molecule has 2 heterocycles. The maximum Gasteiger partial charge on any atom is 0.437 e. The first-order chi connectivity index (χ1) is 14.4. The SMILES string of the molecule is O=C(NCc1ccc(C(F)(F)F)cc1)Oc1cnn(-c2ccc(O)nn2)c1C(F)(F)F. The smallest absolute Gasteiger partial charge is 0.437 e. The molecule has 0 bridgehead atoms. The zero-order chi connectivity index (χ0) is 22.8. The lowest BCUT2D eigenvalue weighted by Crippen LogP contribution is -2.27. The van der Waals surface area contributed by atoms with Gasteiger partial charge in [0.1, 0.15) is 0 Å². The number of alkyl halides is 6. The number of hydrogen-bond donors (Lipinski definition) is 2. The van der Waals surface area contributed by atoms with Crippen molar-refractivity contribution in [2.75, 3.05) is 0 Å². The maximum atomic E-state index is 13.5. The Hall–Kier alpha value is -3.84. The molecular weight excluding hydrogens is 436 g/mol. The van der Waals surface area contributed by atoms with Crippen LogP contribution in [0.4, 0.5) is 31.1 Å². The molecule has 0 atom stereocenters. The Balaban J connectivity index is 1.73. The Morgan fingerprint density at radius 2 is 1.68 bits per heavy atom. The van der Waals surface area contributed by atoms with Crippen LogP contribution in [0.15, 0.2) is 42.6 Å². The van der Waals surface area contributed by atoms with E-state index >= 15 is 0 Å². The topological polar surface area (TPSA) is 102 Å². The van der Waals surface area contributed by atoms with Crippen LogP contribution in [0.5, 0.6) is 11.6 Å². The lowest BCUT2D eigenvalue weighted by molar-refractivity contribution is -0.143. The highest BCUT2D eigenvalue weighted by atomic mass is 19.4. The van der Waals surface area contributed by atoms with Crippen molar-refractivity contribution in [2.24, 2.45) is 0 Å². The van der Waals surface area contributed by atoms with Crippen LogP contribution in [0.3, 0.4) is 0 Å². The Morgan fingerprint density at radius 3 is 2.23 bits per heavy atom. The number of carbonyl (C=O) groups excluding carboxylic acids is 1. The minimum Gasteiger partial charge on any atom is -0.492 e. The first-order valence-corrected chi connectivity index (χ1v) is 8.25. The number of amides is 1. The van der Waals surface area contributed by atoms with E-state index in [1.54, 1.807) is 0 Å². The highest BCUT2D eigenvalue weighted by molar-refractivity contribution is 5.70. The molecule has 14 heteroatoms. The van der Waals surface area contributed by atoms with E-state index in [-0.39, 0.29) is 12.1 Å². The van der Waals surface area contributed by atoms with Crippen molar-refractivity contribution in [1.82, 2.24) is 25.3 Å². The van der Waals surface area contributed by atoms with Gasteiger partial charge in [0, 0.05) is 12.6 Å². The Bertz CT molecular complexity index is 1060. The highest BCUT2D eigenvalue weighted by Crippen LogP contribution is 2.37. The minimum atomic E-state index is -5.00. The highest BCUT2D eigenvalue weighted by Gasteiger charge is 2.41. The summed E-state index contributed by atoms with van der Waals surface area (Å²) in [5.74, 6) is -1.86. The van der Waals surface area contributed by atoms with Gasteiger partial charge in [-0.05, 0) is 23.8 Å². The van der Waals surface area contributed by atoms with Crippen LogP contribution in [0.25, 0.3) is 5.82 Å². The maximum absolute atomic E-state index is 13.5. The van der Waals surface area contributed by atoms with Crippen molar-refractivity contribution >= 4 is 6.09 Å². The predicted molar refractivity (Wildman–Crippen MR) is 90.1 cm³/mol. The van der Waals surface area contributed by atoms with Gasteiger partial charge in [-0.3, -0.25) is 0 Å².